The highest BCUT2D eigenvalue weighted by Gasteiger charge is 2.13. The molecule has 0 aliphatic carbocycles. The van der Waals surface area contributed by atoms with Gasteiger partial charge >= 0.3 is 12.2 Å². The number of ether oxygens (including phenoxy) is 3. The largest absolute Gasteiger partial charge is 0.447 e. The summed E-state index contributed by atoms with van der Waals surface area (Å²) < 4.78 is 17.5. The Morgan fingerprint density at radius 1 is 0.971 bits per heavy atom. The average molecular weight is 581 g/mol. The van der Waals surface area contributed by atoms with Crippen molar-refractivity contribution in [1.82, 2.24) is 8.85 Å². The first-order valence-corrected chi connectivity index (χ1v) is 12.2. The molecule has 0 saturated carbocycles. The van der Waals surface area contributed by atoms with Gasteiger partial charge in [0.25, 0.3) is 0 Å². The molecule has 0 radical (unpaired) electrons. The predicted octanol–water partition coefficient (Wildman–Crippen LogP) is 4.72. The Morgan fingerprint density at radius 3 is 2.29 bits per heavy atom. The maximum atomic E-state index is 12.1. The number of halogens is 1. The van der Waals surface area contributed by atoms with Crippen molar-refractivity contribution in [2.45, 2.75) is 19.9 Å². The van der Waals surface area contributed by atoms with Gasteiger partial charge in [0, 0.05) is 25.3 Å². The van der Waals surface area contributed by atoms with Crippen LogP contribution in [0.15, 0.2) is 55.1 Å². The molecule has 8 nitrogen and oxygen atoms in total. The van der Waals surface area contributed by atoms with E-state index in [1.54, 1.807) is 22.9 Å². The van der Waals surface area contributed by atoms with Gasteiger partial charge in [-0.2, -0.15) is 0 Å². The number of rotatable bonds is 14. The zero-order chi connectivity index (χ0) is 24.6. The molecule has 0 aliphatic heterocycles. The van der Waals surface area contributed by atoms with Crippen molar-refractivity contribution in [1.29, 1.82) is 0 Å². The number of hydrogen-bond donors (Lipinski definition) is 2. The summed E-state index contributed by atoms with van der Waals surface area (Å²) in [7, 11) is 0. The summed E-state index contributed by atoms with van der Waals surface area (Å²) in [4.78, 5) is 25.2. The van der Waals surface area contributed by atoms with Gasteiger partial charge in [0.15, 0.2) is 0 Å². The molecule has 0 aromatic heterocycles. The lowest BCUT2D eigenvalue weighted by atomic mass is 10.0. The maximum absolute atomic E-state index is 12.1. The Hall–Kier alpha value is -2.79. The Kier molecular flexibility index (Phi) is 12.9. The van der Waals surface area contributed by atoms with E-state index in [9.17, 15) is 9.59 Å². The number of carbonyl (C=O) groups excluding carboxylic acids is 2. The average Bonchev–Trinajstić information content (AvgIpc) is 2.87. The molecule has 2 aromatic rings. The Bertz CT molecular complexity index is 925. The second kappa shape index (κ2) is 15.9. The van der Waals surface area contributed by atoms with Crippen LogP contribution in [0.25, 0.3) is 6.08 Å². The van der Waals surface area contributed by atoms with Gasteiger partial charge in [0.1, 0.15) is 13.2 Å². The number of aryl methyl sites for hydroxylation is 1. The van der Waals surface area contributed by atoms with Crippen molar-refractivity contribution in [2.75, 3.05) is 44.4 Å². The lowest BCUT2D eigenvalue weighted by molar-refractivity contribution is 0.0472. The predicted molar refractivity (Wildman–Crippen MR) is 142 cm³/mol. The fourth-order valence-electron chi connectivity index (χ4n) is 3.35. The summed E-state index contributed by atoms with van der Waals surface area (Å²) in [5.41, 5.74) is 4.65. The number of benzene rings is 2. The van der Waals surface area contributed by atoms with Crippen molar-refractivity contribution in [3.63, 3.8) is 0 Å². The van der Waals surface area contributed by atoms with Gasteiger partial charge in [0.2, 0.25) is 0 Å². The highest BCUT2D eigenvalue weighted by atomic mass is 127. The topological polar surface area (TPSA) is 89.1 Å². The summed E-state index contributed by atoms with van der Waals surface area (Å²) in [6.07, 6.45) is 1.77. The summed E-state index contributed by atoms with van der Waals surface area (Å²) in [5, 5.41) is 2.80. The van der Waals surface area contributed by atoms with Gasteiger partial charge in [-0.05, 0) is 29.2 Å². The molecule has 184 valence electrons. The lowest BCUT2D eigenvalue weighted by Crippen LogP contribution is -2.36. The minimum atomic E-state index is -0.525. The van der Waals surface area contributed by atoms with Crippen molar-refractivity contribution < 1.29 is 23.8 Å². The normalized spacial score (nSPS) is 10.3. The standard InChI is InChI=1S/C25H32IN3O5/c1-3-20-9-5-6-11-22(20)19-29(23-12-8-7-10-21(23)4-2)14-13-27-24(30)33-17-15-32-16-18-34-25(31)28-26/h4-12H,2-3,13-19H2,1H3,(H,27,30)(H,28,31). The van der Waals surface area contributed by atoms with Crippen molar-refractivity contribution in [2.24, 2.45) is 0 Å². The van der Waals surface area contributed by atoms with Crippen LogP contribution in [0.5, 0.6) is 0 Å². The van der Waals surface area contributed by atoms with Crippen LogP contribution in [0.1, 0.15) is 23.6 Å². The first kappa shape index (κ1) is 27.5. The van der Waals surface area contributed by atoms with E-state index < -0.39 is 12.2 Å². The number of para-hydroxylation sites is 1. The third-order valence-corrected chi connectivity index (χ3v) is 5.45. The third kappa shape index (κ3) is 9.60. The number of anilines is 1. The van der Waals surface area contributed by atoms with E-state index in [2.05, 4.69) is 51.5 Å². The zero-order valence-electron chi connectivity index (χ0n) is 19.4. The Balaban J connectivity index is 1.84. The number of alkyl carbamates (subject to hydrolysis) is 1. The Morgan fingerprint density at radius 2 is 1.62 bits per heavy atom. The van der Waals surface area contributed by atoms with E-state index in [0.717, 1.165) is 24.2 Å². The first-order chi connectivity index (χ1) is 16.6. The zero-order valence-corrected chi connectivity index (χ0v) is 21.6. The van der Waals surface area contributed by atoms with Crippen LogP contribution in [-0.4, -0.2) is 51.7 Å². The van der Waals surface area contributed by atoms with E-state index in [-0.39, 0.29) is 26.4 Å². The first-order valence-electron chi connectivity index (χ1n) is 11.1. The van der Waals surface area contributed by atoms with Crippen molar-refractivity contribution in [3.05, 3.63) is 71.8 Å². The van der Waals surface area contributed by atoms with Crippen LogP contribution < -0.4 is 13.7 Å². The lowest BCUT2D eigenvalue weighted by Gasteiger charge is -2.27. The molecule has 0 aliphatic rings. The number of amides is 2. The van der Waals surface area contributed by atoms with Crippen molar-refractivity contribution >= 4 is 46.8 Å². The van der Waals surface area contributed by atoms with Gasteiger partial charge in [-0.25, -0.2) is 9.59 Å². The Labute approximate surface area is 215 Å². The van der Waals surface area contributed by atoms with Crippen LogP contribution in [-0.2, 0) is 27.2 Å². The summed E-state index contributed by atoms with van der Waals surface area (Å²) >= 11 is 1.69. The third-order valence-electron chi connectivity index (χ3n) is 5.01. The van der Waals surface area contributed by atoms with E-state index in [1.807, 2.05) is 30.3 Å². The number of nitrogens with zero attached hydrogens (tertiary/aromatic N) is 1. The smallest absolute Gasteiger partial charge is 0.416 e. The molecule has 0 fully saturated rings. The monoisotopic (exact) mass is 581 g/mol. The second-order valence-corrected chi connectivity index (χ2v) is 7.75. The van der Waals surface area contributed by atoms with Gasteiger partial charge in [-0.1, -0.05) is 62.0 Å². The number of carbonyl (C=O) groups is 2. The number of hydrogen-bond acceptors (Lipinski definition) is 6. The van der Waals surface area contributed by atoms with Gasteiger partial charge in [-0.15, -0.1) is 0 Å². The maximum Gasteiger partial charge on any atom is 0.416 e. The second-order valence-electron chi connectivity index (χ2n) is 7.21. The van der Waals surface area contributed by atoms with Crippen LogP contribution in [0, 0.1) is 0 Å². The molecular formula is C25H32IN3O5. The summed E-state index contributed by atoms with van der Waals surface area (Å²) in [6.45, 7) is 8.51. The molecular weight excluding hydrogens is 549 g/mol. The SMILES string of the molecule is C=Cc1ccccc1N(CCNC(=O)OCCOCCOC(=O)NI)Cc1ccccc1CC. The number of nitrogens with one attached hydrogen (secondary N) is 2. The molecule has 0 atom stereocenters. The van der Waals surface area contributed by atoms with Crippen LogP contribution in [0.2, 0.25) is 0 Å². The highest BCUT2D eigenvalue weighted by Crippen LogP contribution is 2.24. The molecule has 0 saturated heterocycles. The molecule has 0 unspecified atom stereocenters. The summed E-state index contributed by atoms with van der Waals surface area (Å²) in [6, 6.07) is 16.5. The summed E-state index contributed by atoms with van der Waals surface area (Å²) in [5.74, 6) is 0. The van der Waals surface area contributed by atoms with E-state index in [0.29, 0.717) is 13.1 Å². The van der Waals surface area contributed by atoms with Crippen LogP contribution >= 0.6 is 22.9 Å². The van der Waals surface area contributed by atoms with E-state index in [4.69, 9.17) is 14.2 Å². The molecule has 9 heteroatoms. The van der Waals surface area contributed by atoms with Crippen LogP contribution in [0.4, 0.5) is 15.3 Å². The molecule has 34 heavy (non-hydrogen) atoms. The molecule has 2 N–H and O–H groups in total. The molecule has 2 amide bonds. The van der Waals surface area contributed by atoms with Crippen LogP contribution in [0.3, 0.4) is 0 Å². The highest BCUT2D eigenvalue weighted by molar-refractivity contribution is 14.1. The van der Waals surface area contributed by atoms with Crippen molar-refractivity contribution in [3.8, 4) is 0 Å². The van der Waals surface area contributed by atoms with Gasteiger partial charge in [-0.3, -0.25) is 3.53 Å². The molecule has 0 heterocycles. The minimum Gasteiger partial charge on any atom is -0.447 e. The van der Waals surface area contributed by atoms with Gasteiger partial charge < -0.3 is 24.4 Å². The fraction of sp³-hybridized carbons (Fsp3) is 0.360. The molecule has 2 rings (SSSR count). The molecule has 0 spiro atoms. The molecule has 0 bridgehead atoms. The minimum absolute atomic E-state index is 0.108. The van der Waals surface area contributed by atoms with E-state index in [1.165, 1.54) is 11.1 Å². The quantitative estimate of drug-likeness (QED) is 0.191. The van der Waals surface area contributed by atoms with E-state index >= 15 is 0 Å². The molecule has 2 aromatic carbocycles. The fourth-order valence-corrected chi connectivity index (χ4v) is 3.51. The van der Waals surface area contributed by atoms with Gasteiger partial charge in [0.05, 0.1) is 36.1 Å².